The fraction of sp³-hybridized carbons (Fsp3) is 0.409. The van der Waals surface area contributed by atoms with Gasteiger partial charge in [0.25, 0.3) is 10.0 Å². The van der Waals surface area contributed by atoms with E-state index in [1.807, 2.05) is 0 Å². The lowest BCUT2D eigenvalue weighted by molar-refractivity contribution is -0.119. The van der Waals surface area contributed by atoms with Gasteiger partial charge >= 0.3 is 0 Å². The normalized spacial score (nSPS) is 14.6. The number of likely N-dealkylation sites (tertiary alicyclic amines) is 1. The molecule has 6 nitrogen and oxygen atoms in total. The molecule has 0 spiro atoms. The Bertz CT molecular complexity index is 961. The van der Waals surface area contributed by atoms with E-state index >= 15 is 0 Å². The molecule has 162 valence electrons. The number of hydrogen-bond acceptors (Lipinski definition) is 4. The number of rotatable bonds is 9. The molecule has 1 aliphatic rings. The molecule has 0 atom stereocenters. The molecule has 1 aliphatic heterocycles. The van der Waals surface area contributed by atoms with E-state index in [9.17, 15) is 13.2 Å². The van der Waals surface area contributed by atoms with Crippen LogP contribution in [0.3, 0.4) is 0 Å². The van der Waals surface area contributed by atoms with Gasteiger partial charge in [-0.1, -0.05) is 35.9 Å². The Balaban J connectivity index is 1.74. The van der Waals surface area contributed by atoms with Crippen molar-refractivity contribution in [1.29, 1.82) is 0 Å². The second-order valence-electron chi connectivity index (χ2n) is 7.46. The van der Waals surface area contributed by atoms with Gasteiger partial charge in [0.15, 0.2) is 0 Å². The second-order valence-corrected chi connectivity index (χ2v) is 9.73. The van der Waals surface area contributed by atoms with Crippen LogP contribution in [0, 0.1) is 6.92 Å². The molecule has 0 saturated carbocycles. The van der Waals surface area contributed by atoms with Crippen molar-refractivity contribution in [1.82, 2.24) is 10.2 Å². The predicted molar refractivity (Wildman–Crippen MR) is 120 cm³/mol. The average molecular weight is 450 g/mol. The molecule has 1 N–H and O–H groups in total. The summed E-state index contributed by atoms with van der Waals surface area (Å²) in [5.41, 5.74) is 1.01. The summed E-state index contributed by atoms with van der Waals surface area (Å²) in [6.45, 7) is 5.14. The van der Waals surface area contributed by atoms with Crippen molar-refractivity contribution in [2.75, 3.05) is 37.0 Å². The summed E-state index contributed by atoms with van der Waals surface area (Å²) in [5.74, 6) is -0.338. The van der Waals surface area contributed by atoms with Gasteiger partial charge in [-0.15, -0.1) is 0 Å². The van der Waals surface area contributed by atoms with Crippen molar-refractivity contribution < 1.29 is 13.2 Å². The number of halogens is 1. The summed E-state index contributed by atoms with van der Waals surface area (Å²) in [6.07, 6.45) is 3.31. The molecule has 1 fully saturated rings. The van der Waals surface area contributed by atoms with E-state index < -0.39 is 10.0 Å². The summed E-state index contributed by atoms with van der Waals surface area (Å²) >= 11 is 6.23. The molecule has 2 aromatic carbocycles. The Morgan fingerprint density at radius 3 is 2.50 bits per heavy atom. The van der Waals surface area contributed by atoms with Crippen LogP contribution in [0.2, 0.25) is 5.02 Å². The fourth-order valence-corrected chi connectivity index (χ4v) is 5.28. The number of benzene rings is 2. The first-order valence-corrected chi connectivity index (χ1v) is 12.0. The summed E-state index contributed by atoms with van der Waals surface area (Å²) < 4.78 is 27.8. The second kappa shape index (κ2) is 10.3. The van der Waals surface area contributed by atoms with Gasteiger partial charge in [-0.05, 0) is 75.6 Å². The number of carbonyl (C=O) groups excluding carboxylic acids is 1. The van der Waals surface area contributed by atoms with E-state index in [4.69, 9.17) is 11.6 Å². The largest absolute Gasteiger partial charge is 0.354 e. The molecule has 0 aliphatic carbocycles. The first kappa shape index (κ1) is 22.6. The molecule has 1 saturated heterocycles. The average Bonchev–Trinajstić information content (AvgIpc) is 3.26. The third-order valence-corrected chi connectivity index (χ3v) is 7.48. The molecule has 30 heavy (non-hydrogen) atoms. The van der Waals surface area contributed by atoms with E-state index in [1.54, 1.807) is 43.3 Å². The minimum atomic E-state index is -3.93. The Hall–Kier alpha value is -2.09. The Morgan fingerprint density at radius 1 is 1.10 bits per heavy atom. The van der Waals surface area contributed by atoms with Crippen LogP contribution in [0.25, 0.3) is 0 Å². The van der Waals surface area contributed by atoms with Gasteiger partial charge in [0.2, 0.25) is 5.91 Å². The van der Waals surface area contributed by atoms with Crippen LogP contribution < -0.4 is 9.62 Å². The minimum absolute atomic E-state index is 0.131. The highest BCUT2D eigenvalue weighted by atomic mass is 35.5. The van der Waals surface area contributed by atoms with Gasteiger partial charge in [0.05, 0.1) is 10.6 Å². The van der Waals surface area contributed by atoms with Crippen LogP contribution in [-0.2, 0) is 14.8 Å². The molecular formula is C22H28ClN3O3S. The van der Waals surface area contributed by atoms with E-state index in [0.717, 1.165) is 30.4 Å². The number of nitrogens with one attached hydrogen (secondary N) is 1. The predicted octanol–water partition coefficient (Wildman–Crippen LogP) is 3.45. The summed E-state index contributed by atoms with van der Waals surface area (Å²) in [7, 11) is -3.93. The van der Waals surface area contributed by atoms with Gasteiger partial charge in [0.1, 0.15) is 6.54 Å². The van der Waals surface area contributed by atoms with Gasteiger partial charge < -0.3 is 10.2 Å². The van der Waals surface area contributed by atoms with Gasteiger partial charge in [-0.3, -0.25) is 9.10 Å². The number of sulfonamides is 1. The summed E-state index contributed by atoms with van der Waals surface area (Å²) in [5, 5.41) is 3.31. The lowest BCUT2D eigenvalue weighted by atomic mass is 10.2. The molecule has 3 rings (SSSR count). The molecule has 0 radical (unpaired) electrons. The Morgan fingerprint density at radius 2 is 1.80 bits per heavy atom. The maximum atomic E-state index is 13.3. The molecule has 0 aromatic heterocycles. The van der Waals surface area contributed by atoms with Crippen molar-refractivity contribution in [3.8, 4) is 0 Å². The van der Waals surface area contributed by atoms with Gasteiger partial charge in [-0.25, -0.2) is 8.42 Å². The highest BCUT2D eigenvalue weighted by Gasteiger charge is 2.28. The molecule has 2 aromatic rings. The van der Waals surface area contributed by atoms with E-state index in [-0.39, 0.29) is 17.3 Å². The lowest BCUT2D eigenvalue weighted by Gasteiger charge is -2.26. The molecule has 0 unspecified atom stereocenters. The molecular weight excluding hydrogens is 422 g/mol. The zero-order valence-electron chi connectivity index (χ0n) is 17.2. The monoisotopic (exact) mass is 449 g/mol. The van der Waals surface area contributed by atoms with Crippen molar-refractivity contribution in [2.45, 2.75) is 31.1 Å². The lowest BCUT2D eigenvalue weighted by Crippen LogP contribution is -2.41. The fourth-order valence-electron chi connectivity index (χ4n) is 3.61. The van der Waals surface area contributed by atoms with Crippen LogP contribution in [-0.4, -0.2) is 51.9 Å². The maximum absolute atomic E-state index is 13.3. The minimum Gasteiger partial charge on any atom is -0.354 e. The van der Waals surface area contributed by atoms with Crippen LogP contribution in [0.5, 0.6) is 0 Å². The van der Waals surface area contributed by atoms with Crippen molar-refractivity contribution in [3.05, 3.63) is 59.1 Å². The van der Waals surface area contributed by atoms with Crippen LogP contribution in [0.15, 0.2) is 53.4 Å². The number of nitrogens with zero attached hydrogens (tertiary/aromatic N) is 2. The number of amides is 1. The Kier molecular flexibility index (Phi) is 7.75. The molecule has 8 heteroatoms. The topological polar surface area (TPSA) is 69.7 Å². The van der Waals surface area contributed by atoms with E-state index in [1.165, 1.54) is 25.0 Å². The van der Waals surface area contributed by atoms with Crippen LogP contribution in [0.4, 0.5) is 5.69 Å². The quantitative estimate of drug-likeness (QED) is 0.595. The van der Waals surface area contributed by atoms with Crippen molar-refractivity contribution in [2.24, 2.45) is 0 Å². The third-order valence-electron chi connectivity index (χ3n) is 5.30. The number of anilines is 1. The molecule has 0 bridgehead atoms. The van der Waals surface area contributed by atoms with Crippen LogP contribution >= 0.6 is 11.6 Å². The Labute approximate surface area is 183 Å². The first-order chi connectivity index (χ1) is 14.4. The summed E-state index contributed by atoms with van der Waals surface area (Å²) in [4.78, 5) is 15.1. The summed E-state index contributed by atoms with van der Waals surface area (Å²) in [6, 6.07) is 13.2. The van der Waals surface area contributed by atoms with Gasteiger partial charge in [-0.2, -0.15) is 0 Å². The third kappa shape index (κ3) is 5.53. The zero-order chi connectivity index (χ0) is 21.6. The highest BCUT2D eigenvalue weighted by molar-refractivity contribution is 7.92. The van der Waals surface area contributed by atoms with E-state index in [2.05, 4.69) is 10.2 Å². The zero-order valence-corrected chi connectivity index (χ0v) is 18.8. The highest BCUT2D eigenvalue weighted by Crippen LogP contribution is 2.30. The number of carbonyl (C=O) groups is 1. The van der Waals surface area contributed by atoms with Crippen molar-refractivity contribution >= 4 is 33.2 Å². The van der Waals surface area contributed by atoms with E-state index in [0.29, 0.717) is 22.8 Å². The number of hydrogen-bond donors (Lipinski definition) is 1. The molecule has 1 amide bonds. The first-order valence-electron chi connectivity index (χ1n) is 10.2. The smallest absolute Gasteiger partial charge is 0.264 e. The molecule has 1 heterocycles. The SMILES string of the molecule is Cc1c(Cl)cccc1N(CC(=O)NCCCN1CCCC1)S(=O)(=O)c1ccccc1. The van der Waals surface area contributed by atoms with Crippen LogP contribution in [0.1, 0.15) is 24.8 Å². The maximum Gasteiger partial charge on any atom is 0.264 e. The standard InChI is InChI=1S/C22H28ClN3O3S/c1-18-20(23)11-7-12-21(18)26(30(28,29)19-9-3-2-4-10-19)17-22(27)24-13-8-16-25-14-5-6-15-25/h2-4,7,9-12H,5-6,8,13-17H2,1H3,(H,24,27). The van der Waals surface area contributed by atoms with Gasteiger partial charge in [0, 0.05) is 11.6 Å². The van der Waals surface area contributed by atoms with Crippen molar-refractivity contribution in [3.63, 3.8) is 0 Å².